The lowest BCUT2D eigenvalue weighted by Crippen LogP contribution is -2.32. The largest absolute Gasteiger partial charge is 0.485 e. The van der Waals surface area contributed by atoms with Crippen LogP contribution in [0.25, 0.3) is 5.82 Å². The summed E-state index contributed by atoms with van der Waals surface area (Å²) in [5.74, 6) is -0.498. The van der Waals surface area contributed by atoms with Gasteiger partial charge in [0.2, 0.25) is 5.92 Å². The topological polar surface area (TPSA) is 103 Å². The van der Waals surface area contributed by atoms with E-state index in [0.29, 0.717) is 36.1 Å². The average Bonchev–Trinajstić information content (AvgIpc) is 3.05. The van der Waals surface area contributed by atoms with Gasteiger partial charge in [0.1, 0.15) is 18.2 Å². The number of aromatic nitrogens is 3. The SMILES string of the molecule is CN=C(COc1cc(NC2CCC(F)(F)CC2)nc(-n2nc(C)cc2C)c1)N=CN. The Labute approximate surface area is 174 Å². The van der Waals surface area contributed by atoms with E-state index in [1.165, 1.54) is 0 Å². The fourth-order valence-electron chi connectivity index (χ4n) is 3.41. The first kappa shape index (κ1) is 21.7. The Morgan fingerprint density at radius 1 is 1.33 bits per heavy atom. The summed E-state index contributed by atoms with van der Waals surface area (Å²) in [4.78, 5) is 12.6. The first-order chi connectivity index (χ1) is 14.3. The van der Waals surface area contributed by atoms with Crippen LogP contribution in [0.4, 0.5) is 14.6 Å². The average molecular weight is 419 g/mol. The van der Waals surface area contributed by atoms with Crippen molar-refractivity contribution in [3.8, 4) is 11.6 Å². The summed E-state index contributed by atoms with van der Waals surface area (Å²) in [5, 5.41) is 7.75. The molecule has 10 heteroatoms. The molecule has 1 fully saturated rings. The predicted octanol–water partition coefficient (Wildman–Crippen LogP) is 3.27. The molecule has 8 nitrogen and oxygen atoms in total. The van der Waals surface area contributed by atoms with Gasteiger partial charge >= 0.3 is 0 Å². The van der Waals surface area contributed by atoms with Crippen LogP contribution >= 0.6 is 0 Å². The molecule has 2 heterocycles. The van der Waals surface area contributed by atoms with Crippen molar-refractivity contribution in [1.29, 1.82) is 0 Å². The molecule has 2 aromatic rings. The van der Waals surface area contributed by atoms with Crippen molar-refractivity contribution in [1.82, 2.24) is 14.8 Å². The van der Waals surface area contributed by atoms with Gasteiger partial charge in [0, 0.05) is 43.8 Å². The van der Waals surface area contributed by atoms with Crippen molar-refractivity contribution in [2.45, 2.75) is 51.5 Å². The van der Waals surface area contributed by atoms with Crippen LogP contribution in [0.5, 0.6) is 5.75 Å². The van der Waals surface area contributed by atoms with Gasteiger partial charge in [-0.05, 0) is 32.8 Å². The lowest BCUT2D eigenvalue weighted by Gasteiger charge is -2.29. The van der Waals surface area contributed by atoms with E-state index in [1.54, 1.807) is 23.9 Å². The zero-order valence-electron chi connectivity index (χ0n) is 17.4. The molecule has 0 aliphatic heterocycles. The summed E-state index contributed by atoms with van der Waals surface area (Å²) in [6.07, 6.45) is 1.67. The first-order valence-corrected chi connectivity index (χ1v) is 9.82. The fraction of sp³-hybridized carbons (Fsp3) is 0.500. The quantitative estimate of drug-likeness (QED) is 0.553. The minimum Gasteiger partial charge on any atom is -0.485 e. The number of pyridine rings is 1. The molecular weight excluding hydrogens is 392 g/mol. The molecule has 3 rings (SSSR count). The Kier molecular flexibility index (Phi) is 6.63. The van der Waals surface area contributed by atoms with Crippen LogP contribution in [0.1, 0.15) is 37.1 Å². The van der Waals surface area contributed by atoms with Gasteiger partial charge in [-0.25, -0.2) is 23.4 Å². The van der Waals surface area contributed by atoms with Crippen LogP contribution in [0, 0.1) is 13.8 Å². The summed E-state index contributed by atoms with van der Waals surface area (Å²) >= 11 is 0. The number of ether oxygens (including phenoxy) is 1. The van der Waals surface area contributed by atoms with Gasteiger partial charge in [-0.15, -0.1) is 0 Å². The second-order valence-corrected chi connectivity index (χ2v) is 7.37. The van der Waals surface area contributed by atoms with Gasteiger partial charge in [0.15, 0.2) is 11.7 Å². The zero-order chi connectivity index (χ0) is 21.7. The number of anilines is 1. The highest BCUT2D eigenvalue weighted by molar-refractivity contribution is 5.89. The summed E-state index contributed by atoms with van der Waals surface area (Å²) in [7, 11) is 1.60. The number of aryl methyl sites for hydroxylation is 2. The maximum absolute atomic E-state index is 13.5. The van der Waals surface area contributed by atoms with Gasteiger partial charge in [-0.3, -0.25) is 4.99 Å². The maximum atomic E-state index is 13.5. The van der Waals surface area contributed by atoms with E-state index in [1.807, 2.05) is 19.9 Å². The Morgan fingerprint density at radius 2 is 2.07 bits per heavy atom. The number of amidine groups is 1. The highest BCUT2D eigenvalue weighted by Crippen LogP contribution is 2.34. The number of nitrogens with zero attached hydrogens (tertiary/aromatic N) is 5. The molecule has 0 spiro atoms. The second kappa shape index (κ2) is 9.19. The number of alkyl halides is 2. The van der Waals surface area contributed by atoms with Crippen LogP contribution in [-0.4, -0.2) is 52.6 Å². The molecule has 162 valence electrons. The minimum absolute atomic E-state index is 0.0738. The van der Waals surface area contributed by atoms with Crippen molar-refractivity contribution < 1.29 is 13.5 Å². The molecule has 2 aromatic heterocycles. The lowest BCUT2D eigenvalue weighted by atomic mass is 9.92. The Hall–Kier alpha value is -3.04. The number of halogens is 2. The molecule has 1 saturated carbocycles. The van der Waals surface area contributed by atoms with E-state index in [4.69, 9.17) is 10.5 Å². The van der Waals surface area contributed by atoms with E-state index in [0.717, 1.165) is 17.7 Å². The molecule has 30 heavy (non-hydrogen) atoms. The van der Waals surface area contributed by atoms with Gasteiger partial charge in [-0.1, -0.05) is 0 Å². The van der Waals surface area contributed by atoms with E-state index in [2.05, 4.69) is 25.4 Å². The number of nitrogens with two attached hydrogens (primary N) is 1. The molecule has 3 N–H and O–H groups in total. The van der Waals surface area contributed by atoms with Crippen molar-refractivity contribution >= 4 is 18.0 Å². The number of aliphatic imine (C=N–C) groups is 2. The first-order valence-electron chi connectivity index (χ1n) is 9.82. The summed E-state index contributed by atoms with van der Waals surface area (Å²) in [6, 6.07) is 5.37. The highest BCUT2D eigenvalue weighted by Gasteiger charge is 2.35. The van der Waals surface area contributed by atoms with Crippen molar-refractivity contribution in [3.63, 3.8) is 0 Å². The Balaban J connectivity index is 1.85. The molecule has 0 amide bonds. The Bertz CT molecular complexity index is 929. The second-order valence-electron chi connectivity index (χ2n) is 7.37. The fourth-order valence-corrected chi connectivity index (χ4v) is 3.41. The minimum atomic E-state index is -2.58. The molecule has 0 bridgehead atoms. The van der Waals surface area contributed by atoms with Crippen LogP contribution in [0.2, 0.25) is 0 Å². The van der Waals surface area contributed by atoms with Gasteiger partial charge in [0.05, 0.1) is 12.0 Å². The summed E-state index contributed by atoms with van der Waals surface area (Å²) in [5.41, 5.74) is 7.11. The number of rotatable bonds is 6. The number of nitrogens with one attached hydrogen (secondary N) is 1. The number of hydrogen-bond donors (Lipinski definition) is 2. The van der Waals surface area contributed by atoms with Crippen LogP contribution < -0.4 is 15.8 Å². The summed E-state index contributed by atoms with van der Waals surface area (Å²) < 4.78 is 34.5. The smallest absolute Gasteiger partial charge is 0.248 e. The molecule has 0 saturated heterocycles. The third-order valence-corrected chi connectivity index (χ3v) is 4.93. The van der Waals surface area contributed by atoms with Crippen molar-refractivity contribution in [2.24, 2.45) is 15.7 Å². The molecule has 0 unspecified atom stereocenters. The molecule has 0 atom stereocenters. The summed E-state index contributed by atoms with van der Waals surface area (Å²) in [6.45, 7) is 3.96. The normalized spacial score (nSPS) is 17.4. The van der Waals surface area contributed by atoms with E-state index < -0.39 is 5.92 Å². The molecule has 0 aromatic carbocycles. The van der Waals surface area contributed by atoms with E-state index in [-0.39, 0.29) is 25.5 Å². The lowest BCUT2D eigenvalue weighted by molar-refractivity contribution is -0.0361. The maximum Gasteiger partial charge on any atom is 0.248 e. The molecule has 0 radical (unpaired) electrons. The third-order valence-electron chi connectivity index (χ3n) is 4.93. The third kappa shape index (κ3) is 5.52. The molecule has 1 aliphatic rings. The van der Waals surface area contributed by atoms with E-state index >= 15 is 0 Å². The van der Waals surface area contributed by atoms with Crippen molar-refractivity contribution in [2.75, 3.05) is 19.0 Å². The highest BCUT2D eigenvalue weighted by atomic mass is 19.3. The van der Waals surface area contributed by atoms with Gasteiger partial charge in [-0.2, -0.15) is 5.10 Å². The van der Waals surface area contributed by atoms with Gasteiger partial charge < -0.3 is 15.8 Å². The van der Waals surface area contributed by atoms with Crippen LogP contribution in [0.3, 0.4) is 0 Å². The monoisotopic (exact) mass is 419 g/mol. The van der Waals surface area contributed by atoms with Crippen molar-refractivity contribution in [3.05, 3.63) is 29.6 Å². The zero-order valence-corrected chi connectivity index (χ0v) is 17.4. The predicted molar refractivity (Wildman–Crippen MR) is 113 cm³/mol. The van der Waals surface area contributed by atoms with E-state index in [9.17, 15) is 8.78 Å². The Morgan fingerprint density at radius 3 is 2.67 bits per heavy atom. The van der Waals surface area contributed by atoms with Gasteiger partial charge in [0.25, 0.3) is 0 Å². The number of hydrogen-bond acceptors (Lipinski definition) is 5. The standard InChI is InChI=1S/C20H27F2N7O/c1-13-8-14(2)29(28-13)19-10-16(30-11-18(24-3)25-12-23)9-17(27-19)26-15-4-6-20(21,22)7-5-15/h8-10,12,15H,4-7,11H2,1-3H3,(H,26,27)(H2,23,24,25). The molecular formula is C20H27F2N7O. The van der Waals surface area contributed by atoms with Crippen LogP contribution in [0.15, 0.2) is 28.2 Å². The molecule has 1 aliphatic carbocycles. The van der Waals surface area contributed by atoms with Crippen LogP contribution in [-0.2, 0) is 0 Å².